The standard InChI is InChI=1S/C14H16O7/c1-8(16)14(20)13(19,12(18)10(7-15)21-14)11(17)9-5-3-2-4-6-9/h2-6,10,12,15,18-20H,7H2,1H3/t10-,12-,13+,14+/m1/s1. The van der Waals surface area contributed by atoms with Crippen molar-refractivity contribution in [2.24, 2.45) is 0 Å². The monoisotopic (exact) mass is 296 g/mol. The predicted octanol–water partition coefficient (Wildman–Crippen LogP) is -1.37. The van der Waals surface area contributed by atoms with Gasteiger partial charge in [-0.2, -0.15) is 0 Å². The van der Waals surface area contributed by atoms with Crippen LogP contribution in [0.15, 0.2) is 30.3 Å². The van der Waals surface area contributed by atoms with Crippen molar-refractivity contribution in [2.45, 2.75) is 30.5 Å². The highest BCUT2D eigenvalue weighted by atomic mass is 16.7. The summed E-state index contributed by atoms with van der Waals surface area (Å²) in [4.78, 5) is 24.1. The van der Waals surface area contributed by atoms with Crippen molar-refractivity contribution in [1.82, 2.24) is 0 Å². The van der Waals surface area contributed by atoms with Crippen LogP contribution in [0, 0.1) is 0 Å². The number of Topliss-reactive ketones (excluding diaryl/α,β-unsaturated/α-hetero) is 2. The van der Waals surface area contributed by atoms with Crippen molar-refractivity contribution in [1.29, 1.82) is 0 Å². The van der Waals surface area contributed by atoms with E-state index in [1.165, 1.54) is 24.3 Å². The summed E-state index contributed by atoms with van der Waals surface area (Å²) in [6, 6.07) is 7.40. The van der Waals surface area contributed by atoms with Gasteiger partial charge in [-0.25, -0.2) is 0 Å². The maximum atomic E-state index is 12.5. The van der Waals surface area contributed by atoms with Crippen LogP contribution in [0.25, 0.3) is 0 Å². The lowest BCUT2D eigenvalue weighted by Crippen LogP contribution is -2.65. The third-order valence-corrected chi connectivity index (χ3v) is 3.66. The van der Waals surface area contributed by atoms with Crippen LogP contribution in [-0.2, 0) is 9.53 Å². The van der Waals surface area contributed by atoms with Crippen molar-refractivity contribution in [2.75, 3.05) is 6.61 Å². The second-order valence-electron chi connectivity index (χ2n) is 4.95. The van der Waals surface area contributed by atoms with Gasteiger partial charge >= 0.3 is 0 Å². The molecule has 1 saturated heterocycles. The van der Waals surface area contributed by atoms with Crippen LogP contribution in [0.4, 0.5) is 0 Å². The van der Waals surface area contributed by atoms with E-state index in [-0.39, 0.29) is 5.56 Å². The Labute approximate surface area is 120 Å². The highest BCUT2D eigenvalue weighted by Gasteiger charge is 2.71. The first-order chi connectivity index (χ1) is 9.79. The van der Waals surface area contributed by atoms with E-state index in [4.69, 9.17) is 9.84 Å². The van der Waals surface area contributed by atoms with Crippen LogP contribution < -0.4 is 0 Å². The highest BCUT2D eigenvalue weighted by molar-refractivity contribution is 6.07. The van der Waals surface area contributed by atoms with Crippen molar-refractivity contribution in [3.63, 3.8) is 0 Å². The molecule has 0 amide bonds. The molecule has 2 rings (SSSR count). The zero-order chi connectivity index (χ0) is 15.8. The second kappa shape index (κ2) is 5.28. The van der Waals surface area contributed by atoms with Gasteiger partial charge in [-0.3, -0.25) is 9.59 Å². The number of carbonyl (C=O) groups is 2. The van der Waals surface area contributed by atoms with E-state index in [1.54, 1.807) is 6.07 Å². The molecule has 4 atom stereocenters. The molecule has 0 unspecified atom stereocenters. The molecule has 1 aromatic rings. The fraction of sp³-hybridized carbons (Fsp3) is 0.429. The molecule has 1 fully saturated rings. The number of benzene rings is 1. The normalized spacial score (nSPS) is 35.7. The van der Waals surface area contributed by atoms with E-state index in [1.807, 2.05) is 0 Å². The van der Waals surface area contributed by atoms with Gasteiger partial charge in [-0.05, 0) is 0 Å². The van der Waals surface area contributed by atoms with E-state index in [9.17, 15) is 24.9 Å². The Morgan fingerprint density at radius 1 is 1.24 bits per heavy atom. The molecule has 114 valence electrons. The van der Waals surface area contributed by atoms with Crippen molar-refractivity contribution >= 4 is 11.6 Å². The summed E-state index contributed by atoms with van der Waals surface area (Å²) in [5.74, 6) is -5.04. The Balaban J connectivity index is 2.55. The summed E-state index contributed by atoms with van der Waals surface area (Å²) >= 11 is 0. The van der Waals surface area contributed by atoms with E-state index in [2.05, 4.69) is 0 Å². The molecule has 1 heterocycles. The Morgan fingerprint density at radius 3 is 2.29 bits per heavy atom. The minimum Gasteiger partial charge on any atom is -0.394 e. The maximum Gasteiger partial charge on any atom is 0.267 e. The fourth-order valence-electron chi connectivity index (χ4n) is 2.43. The molecule has 0 spiro atoms. The molecule has 21 heavy (non-hydrogen) atoms. The van der Waals surface area contributed by atoms with Crippen LogP contribution in [0.1, 0.15) is 17.3 Å². The lowest BCUT2D eigenvalue weighted by atomic mass is 9.79. The molecule has 0 radical (unpaired) electrons. The minimum absolute atomic E-state index is 0.0130. The minimum atomic E-state index is -2.92. The third-order valence-electron chi connectivity index (χ3n) is 3.66. The van der Waals surface area contributed by atoms with Gasteiger partial charge < -0.3 is 25.2 Å². The summed E-state index contributed by atoms with van der Waals surface area (Å²) < 4.78 is 4.87. The Hall–Kier alpha value is -1.64. The summed E-state index contributed by atoms with van der Waals surface area (Å²) in [5, 5.41) is 40.0. The largest absolute Gasteiger partial charge is 0.394 e. The Morgan fingerprint density at radius 2 is 1.81 bits per heavy atom. The zero-order valence-corrected chi connectivity index (χ0v) is 11.3. The van der Waals surface area contributed by atoms with Crippen molar-refractivity contribution < 1.29 is 34.8 Å². The number of hydrogen-bond donors (Lipinski definition) is 4. The lowest BCUT2D eigenvalue weighted by Gasteiger charge is -2.34. The highest BCUT2D eigenvalue weighted by Crippen LogP contribution is 2.41. The van der Waals surface area contributed by atoms with Crippen LogP contribution >= 0.6 is 0 Å². The summed E-state index contributed by atoms with van der Waals surface area (Å²) in [6.07, 6.45) is -3.42. The van der Waals surface area contributed by atoms with Gasteiger partial charge in [0.2, 0.25) is 11.4 Å². The van der Waals surface area contributed by atoms with Crippen LogP contribution in [0.5, 0.6) is 0 Å². The maximum absolute atomic E-state index is 12.5. The fourth-order valence-corrected chi connectivity index (χ4v) is 2.43. The molecule has 4 N–H and O–H groups in total. The number of aliphatic hydroxyl groups excluding tert-OH is 2. The molecular weight excluding hydrogens is 280 g/mol. The number of ketones is 2. The number of carbonyl (C=O) groups excluding carboxylic acids is 2. The van der Waals surface area contributed by atoms with Crippen molar-refractivity contribution in [3.8, 4) is 0 Å². The number of aliphatic hydroxyl groups is 4. The molecular formula is C14H16O7. The first kappa shape index (κ1) is 15.7. The first-order valence-electron chi connectivity index (χ1n) is 6.31. The molecule has 0 aliphatic carbocycles. The average molecular weight is 296 g/mol. The summed E-state index contributed by atoms with van der Waals surface area (Å²) in [5.41, 5.74) is -2.91. The smallest absolute Gasteiger partial charge is 0.267 e. The SMILES string of the molecule is CC(=O)[C@]1(O)O[C@H](CO)[C@@H](O)[C@@]1(O)C(=O)c1ccccc1. The summed E-state index contributed by atoms with van der Waals surface area (Å²) in [6.45, 7) is 0.136. The van der Waals surface area contributed by atoms with E-state index >= 15 is 0 Å². The van der Waals surface area contributed by atoms with Gasteiger partial charge in [0, 0.05) is 12.5 Å². The zero-order valence-electron chi connectivity index (χ0n) is 11.3. The number of ether oxygens (including phenoxy) is 1. The molecule has 0 bridgehead atoms. The second-order valence-corrected chi connectivity index (χ2v) is 4.95. The third kappa shape index (κ3) is 2.10. The van der Waals surface area contributed by atoms with Gasteiger partial charge in [-0.1, -0.05) is 30.3 Å². The average Bonchev–Trinajstić information content (AvgIpc) is 2.70. The predicted molar refractivity (Wildman–Crippen MR) is 69.3 cm³/mol. The molecule has 7 heteroatoms. The molecule has 1 aliphatic heterocycles. The van der Waals surface area contributed by atoms with E-state index in [0.29, 0.717) is 0 Å². The van der Waals surface area contributed by atoms with E-state index < -0.39 is 41.8 Å². The quantitative estimate of drug-likeness (QED) is 0.505. The van der Waals surface area contributed by atoms with Crippen LogP contribution in [0.2, 0.25) is 0 Å². The molecule has 1 aromatic carbocycles. The molecule has 1 aliphatic rings. The van der Waals surface area contributed by atoms with E-state index in [0.717, 1.165) is 6.92 Å². The Kier molecular flexibility index (Phi) is 3.96. The van der Waals surface area contributed by atoms with Gasteiger partial charge in [0.25, 0.3) is 5.79 Å². The molecule has 7 nitrogen and oxygen atoms in total. The molecule has 0 saturated carbocycles. The van der Waals surface area contributed by atoms with Crippen molar-refractivity contribution in [3.05, 3.63) is 35.9 Å². The van der Waals surface area contributed by atoms with Crippen LogP contribution in [-0.4, -0.2) is 62.2 Å². The van der Waals surface area contributed by atoms with Crippen LogP contribution in [0.3, 0.4) is 0 Å². The lowest BCUT2D eigenvalue weighted by molar-refractivity contribution is -0.238. The first-order valence-corrected chi connectivity index (χ1v) is 6.31. The van der Waals surface area contributed by atoms with Gasteiger partial charge in [0.1, 0.15) is 12.2 Å². The topological polar surface area (TPSA) is 124 Å². The van der Waals surface area contributed by atoms with Gasteiger partial charge in [-0.15, -0.1) is 0 Å². The van der Waals surface area contributed by atoms with Gasteiger partial charge in [0.05, 0.1) is 6.61 Å². The van der Waals surface area contributed by atoms with Gasteiger partial charge in [0.15, 0.2) is 5.78 Å². The Bertz CT molecular complexity index is 558. The number of hydrogen-bond acceptors (Lipinski definition) is 7. The number of rotatable bonds is 4. The molecule has 0 aromatic heterocycles. The summed E-state index contributed by atoms with van der Waals surface area (Å²) in [7, 11) is 0.